The Morgan fingerprint density at radius 3 is 1.04 bits per heavy atom. The van der Waals surface area contributed by atoms with Crippen LogP contribution in [0.4, 0.5) is 0 Å². The fourth-order valence-corrected chi connectivity index (χ4v) is 9.25. The Labute approximate surface area is 440 Å². The molecule has 0 spiro atoms. The molecule has 1 N–H and O–H groups in total. The first-order valence-corrected chi connectivity index (χ1v) is 30.9. The van der Waals surface area contributed by atoms with Crippen molar-refractivity contribution in [1.82, 2.24) is 0 Å². The van der Waals surface area contributed by atoms with Crippen molar-refractivity contribution in [2.75, 3.05) is 47.5 Å². The highest BCUT2D eigenvalue weighted by Gasteiger charge is 2.25. The van der Waals surface area contributed by atoms with Crippen LogP contribution in [-0.2, 0) is 33.3 Å². The molecule has 0 aromatic rings. The molecule has 0 saturated carbocycles. The number of hydrogen-bond donors (Lipinski definition) is 1. The van der Waals surface area contributed by atoms with Gasteiger partial charge in [0, 0.05) is 12.8 Å². The maximum absolute atomic E-state index is 12.9. The number of ether oxygens (including phenoxy) is 4. The molecule has 0 bridgehead atoms. The number of esters is 2. The molecule has 2 unspecified atom stereocenters. The van der Waals surface area contributed by atoms with Crippen LogP contribution in [0.15, 0.2) is 12.2 Å². The molecule has 420 valence electrons. The third-order valence-corrected chi connectivity index (χ3v) is 14.0. The number of hydrogen-bond acceptors (Lipinski definition) is 7. The molecule has 0 saturated heterocycles. The predicted octanol–water partition coefficient (Wildman–Crippen LogP) is 18.1. The number of carboxylic acid groups (broad SMARTS) is 1. The lowest BCUT2D eigenvalue weighted by molar-refractivity contribution is -0.870. The normalized spacial score (nSPS) is 12.7. The predicted molar refractivity (Wildman–Crippen MR) is 300 cm³/mol. The maximum Gasteiger partial charge on any atom is 0.361 e. The second kappa shape index (κ2) is 54.3. The highest BCUT2D eigenvalue weighted by molar-refractivity contribution is 5.71. The summed E-state index contributed by atoms with van der Waals surface area (Å²) in [6.07, 6.45) is 60.1. The number of allylic oxidation sites excluding steroid dienone is 2. The van der Waals surface area contributed by atoms with Crippen LogP contribution in [0.5, 0.6) is 0 Å². The van der Waals surface area contributed by atoms with E-state index in [4.69, 9.17) is 18.9 Å². The zero-order chi connectivity index (χ0) is 52.0. The van der Waals surface area contributed by atoms with E-state index in [0.717, 1.165) is 38.5 Å². The van der Waals surface area contributed by atoms with Crippen LogP contribution in [0.25, 0.3) is 0 Å². The van der Waals surface area contributed by atoms with Crippen molar-refractivity contribution < 1.29 is 42.9 Å². The van der Waals surface area contributed by atoms with Gasteiger partial charge in [0.15, 0.2) is 6.10 Å². The molecule has 0 rings (SSSR count). The molecule has 0 aliphatic carbocycles. The van der Waals surface area contributed by atoms with Gasteiger partial charge in [-0.3, -0.25) is 9.59 Å². The lowest BCUT2D eigenvalue weighted by Crippen LogP contribution is -2.40. The van der Waals surface area contributed by atoms with E-state index in [1.54, 1.807) is 0 Å². The third-order valence-electron chi connectivity index (χ3n) is 14.0. The third kappa shape index (κ3) is 55.6. The first kappa shape index (κ1) is 69.0. The lowest BCUT2D eigenvalue weighted by atomic mass is 10.0. The number of carboxylic acids is 1. The van der Waals surface area contributed by atoms with E-state index < -0.39 is 18.4 Å². The molecule has 2 atom stereocenters. The second-order valence-corrected chi connectivity index (χ2v) is 22.4. The fraction of sp³-hybridized carbons (Fsp3) is 0.919. The molecule has 0 aliphatic rings. The molecule has 0 radical (unpaired) electrons. The quantitative estimate of drug-likeness (QED) is 0.0211. The van der Waals surface area contributed by atoms with Crippen molar-refractivity contribution >= 4 is 17.9 Å². The summed E-state index contributed by atoms with van der Waals surface area (Å²) in [6.45, 7) is 4.94. The molecular weight excluding hydrogens is 887 g/mol. The Balaban J connectivity index is 4.16. The lowest BCUT2D eigenvalue weighted by Gasteiger charge is -2.25. The minimum absolute atomic E-state index is 0.174. The molecule has 9 heteroatoms. The molecule has 0 aliphatic heterocycles. The van der Waals surface area contributed by atoms with Gasteiger partial charge in [-0.1, -0.05) is 270 Å². The zero-order valence-corrected chi connectivity index (χ0v) is 47.9. The van der Waals surface area contributed by atoms with Crippen LogP contribution < -0.4 is 0 Å². The number of likely N-dealkylation sites (N-methyl/N-ethyl adjacent to an activating group) is 1. The van der Waals surface area contributed by atoms with Crippen molar-refractivity contribution in [3.8, 4) is 0 Å². The van der Waals surface area contributed by atoms with Crippen molar-refractivity contribution in [3.63, 3.8) is 0 Å². The van der Waals surface area contributed by atoms with E-state index >= 15 is 0 Å². The van der Waals surface area contributed by atoms with E-state index in [9.17, 15) is 19.5 Å². The highest BCUT2D eigenvalue weighted by atomic mass is 16.7. The average molecular weight is 1010 g/mol. The standard InChI is InChI=1S/C62H119NO8/c1-6-8-10-12-14-16-18-20-22-24-26-28-29-30-31-33-35-37-39-41-43-45-47-49-51-53-60(65)71-58(57-70-62(61(66)67)68-55-54-63(3,4)5)56-69-59(64)52-50-48-46-44-42-40-38-36-34-32-27-25-23-21-19-17-15-13-11-9-7-2/h24,26,58,62H,6-23,25,27-57H2,1-5H3/p+1/b26-24-. The molecule has 0 aromatic carbocycles. The summed E-state index contributed by atoms with van der Waals surface area (Å²) in [5.74, 6) is -1.98. The molecule has 0 fully saturated rings. The van der Waals surface area contributed by atoms with Crippen LogP contribution in [0.3, 0.4) is 0 Å². The van der Waals surface area contributed by atoms with Gasteiger partial charge in [0.1, 0.15) is 13.2 Å². The molecule has 0 heterocycles. The minimum atomic E-state index is -1.51. The first-order valence-electron chi connectivity index (χ1n) is 30.9. The fourth-order valence-electron chi connectivity index (χ4n) is 9.25. The van der Waals surface area contributed by atoms with Gasteiger partial charge in [0.2, 0.25) is 0 Å². The number of quaternary nitrogens is 1. The Morgan fingerprint density at radius 2 is 0.718 bits per heavy atom. The van der Waals surface area contributed by atoms with Gasteiger partial charge in [-0.15, -0.1) is 0 Å². The second-order valence-electron chi connectivity index (χ2n) is 22.4. The Bertz CT molecular complexity index is 1170. The van der Waals surface area contributed by atoms with Gasteiger partial charge in [-0.05, 0) is 38.5 Å². The van der Waals surface area contributed by atoms with Crippen LogP contribution in [0, 0.1) is 0 Å². The number of carbonyl (C=O) groups is 3. The number of carbonyl (C=O) groups excluding carboxylic acids is 2. The monoisotopic (exact) mass is 1010 g/mol. The molecule has 9 nitrogen and oxygen atoms in total. The van der Waals surface area contributed by atoms with Crippen LogP contribution in [0.1, 0.15) is 309 Å². The van der Waals surface area contributed by atoms with Crippen molar-refractivity contribution in [2.45, 2.75) is 322 Å². The smallest absolute Gasteiger partial charge is 0.361 e. The zero-order valence-electron chi connectivity index (χ0n) is 47.9. The van der Waals surface area contributed by atoms with Crippen LogP contribution in [0.2, 0.25) is 0 Å². The van der Waals surface area contributed by atoms with E-state index in [1.807, 2.05) is 21.1 Å². The van der Waals surface area contributed by atoms with Crippen molar-refractivity contribution in [3.05, 3.63) is 12.2 Å². The Kier molecular flexibility index (Phi) is 52.8. The number of unbranched alkanes of at least 4 members (excludes halogenated alkanes) is 41. The summed E-state index contributed by atoms with van der Waals surface area (Å²) >= 11 is 0. The number of aliphatic carboxylic acids is 1. The topological polar surface area (TPSA) is 108 Å². The Morgan fingerprint density at radius 1 is 0.408 bits per heavy atom. The van der Waals surface area contributed by atoms with Gasteiger partial charge in [0.25, 0.3) is 6.29 Å². The highest BCUT2D eigenvalue weighted by Crippen LogP contribution is 2.18. The number of nitrogens with zero attached hydrogens (tertiary/aromatic N) is 1. The first-order chi connectivity index (χ1) is 34.6. The average Bonchev–Trinajstić information content (AvgIpc) is 3.34. The molecule has 71 heavy (non-hydrogen) atoms. The van der Waals surface area contributed by atoms with Gasteiger partial charge in [-0.25, -0.2) is 4.79 Å². The molecule has 0 amide bonds. The summed E-state index contributed by atoms with van der Waals surface area (Å²) in [7, 11) is 5.98. The van der Waals surface area contributed by atoms with E-state index in [-0.39, 0.29) is 38.2 Å². The summed E-state index contributed by atoms with van der Waals surface area (Å²) in [5.41, 5.74) is 0. The van der Waals surface area contributed by atoms with E-state index in [1.165, 1.54) is 244 Å². The van der Waals surface area contributed by atoms with Gasteiger partial charge in [-0.2, -0.15) is 0 Å². The summed E-state index contributed by atoms with van der Waals surface area (Å²) < 4.78 is 22.9. The number of rotatable bonds is 58. The van der Waals surface area contributed by atoms with E-state index in [2.05, 4.69) is 26.0 Å². The van der Waals surface area contributed by atoms with Crippen LogP contribution in [-0.4, -0.2) is 87.4 Å². The largest absolute Gasteiger partial charge is 0.477 e. The van der Waals surface area contributed by atoms with Gasteiger partial charge < -0.3 is 28.5 Å². The summed E-state index contributed by atoms with van der Waals surface area (Å²) in [6, 6.07) is 0. The van der Waals surface area contributed by atoms with Gasteiger partial charge in [0.05, 0.1) is 34.4 Å². The Hall–Kier alpha value is -1.97. The molecular formula is C62H120NO8+. The SMILES string of the molecule is CCCCCCCCCC/C=C\CCCCCCCCCCCCCCCC(=O)OC(COC(=O)CCCCCCCCCCCCCCCCCCCCCCC)COC(OCC[N+](C)(C)C)C(=O)O. The van der Waals surface area contributed by atoms with Gasteiger partial charge >= 0.3 is 17.9 Å². The van der Waals surface area contributed by atoms with Crippen molar-refractivity contribution in [2.24, 2.45) is 0 Å². The van der Waals surface area contributed by atoms with Crippen LogP contribution >= 0.6 is 0 Å². The van der Waals surface area contributed by atoms with Crippen molar-refractivity contribution in [1.29, 1.82) is 0 Å². The van der Waals surface area contributed by atoms with E-state index in [0.29, 0.717) is 17.4 Å². The maximum atomic E-state index is 12.9. The minimum Gasteiger partial charge on any atom is -0.477 e. The summed E-state index contributed by atoms with van der Waals surface area (Å²) in [5, 5.41) is 9.71. The summed E-state index contributed by atoms with van der Waals surface area (Å²) in [4.78, 5) is 37.5. The molecule has 0 aromatic heterocycles.